The molecule has 1 aromatic carbocycles. The lowest BCUT2D eigenvalue weighted by Crippen LogP contribution is -2.34. The van der Waals surface area contributed by atoms with Crippen LogP contribution in [0.15, 0.2) is 29.2 Å². The summed E-state index contributed by atoms with van der Waals surface area (Å²) in [7, 11) is 0. The maximum absolute atomic E-state index is 11.8. The molecular weight excluding hydrogens is 242 g/mol. The van der Waals surface area contributed by atoms with Gasteiger partial charge in [0, 0.05) is 10.9 Å². The molecule has 0 radical (unpaired) electrons. The van der Waals surface area contributed by atoms with Crippen LogP contribution in [-0.4, -0.2) is 11.9 Å². The standard InChI is InChI=1S/C15H23NOS/c1-4-11(2)9-12(3)16-15(17)10-13-5-7-14(18)8-6-13/h5-8,11-12,18H,4,9-10H2,1-3H3,(H,16,17). The molecule has 1 aromatic rings. The molecule has 0 aliphatic heterocycles. The molecule has 0 spiro atoms. The van der Waals surface area contributed by atoms with Crippen LogP contribution >= 0.6 is 12.6 Å². The summed E-state index contributed by atoms with van der Waals surface area (Å²) in [6.07, 6.45) is 2.64. The Bertz CT molecular complexity index is 375. The Hall–Kier alpha value is -0.960. The SMILES string of the molecule is CCC(C)CC(C)NC(=O)Cc1ccc(S)cc1. The Kier molecular flexibility index (Phi) is 6.27. The molecule has 1 N–H and O–H groups in total. The Morgan fingerprint density at radius 2 is 1.89 bits per heavy atom. The average Bonchev–Trinajstić information content (AvgIpc) is 2.31. The zero-order valence-electron chi connectivity index (χ0n) is 11.4. The fourth-order valence-electron chi connectivity index (χ4n) is 1.95. The number of hydrogen-bond acceptors (Lipinski definition) is 2. The van der Waals surface area contributed by atoms with Gasteiger partial charge in [-0.3, -0.25) is 4.79 Å². The van der Waals surface area contributed by atoms with Crippen LogP contribution in [0.25, 0.3) is 0 Å². The molecule has 2 atom stereocenters. The van der Waals surface area contributed by atoms with E-state index in [1.165, 1.54) is 0 Å². The molecule has 0 saturated heterocycles. The van der Waals surface area contributed by atoms with Crippen LogP contribution in [0, 0.1) is 5.92 Å². The van der Waals surface area contributed by atoms with E-state index in [0.29, 0.717) is 12.3 Å². The minimum atomic E-state index is 0.0951. The van der Waals surface area contributed by atoms with Crippen molar-refractivity contribution >= 4 is 18.5 Å². The number of carbonyl (C=O) groups excluding carboxylic acids is 1. The first-order valence-corrected chi connectivity index (χ1v) is 7.03. The van der Waals surface area contributed by atoms with Gasteiger partial charge in [-0.1, -0.05) is 32.4 Å². The number of thiol groups is 1. The van der Waals surface area contributed by atoms with Gasteiger partial charge in [-0.2, -0.15) is 0 Å². The Labute approximate surface area is 116 Å². The van der Waals surface area contributed by atoms with Crippen molar-refractivity contribution in [3.63, 3.8) is 0 Å². The molecule has 0 saturated carbocycles. The lowest BCUT2D eigenvalue weighted by atomic mass is 10.0. The third-order valence-electron chi connectivity index (χ3n) is 3.16. The molecule has 1 amide bonds. The van der Waals surface area contributed by atoms with E-state index in [-0.39, 0.29) is 11.9 Å². The number of benzene rings is 1. The van der Waals surface area contributed by atoms with Crippen LogP contribution in [0.3, 0.4) is 0 Å². The zero-order chi connectivity index (χ0) is 13.5. The molecule has 2 unspecified atom stereocenters. The highest BCUT2D eigenvalue weighted by atomic mass is 32.1. The molecule has 1 rings (SSSR count). The first kappa shape index (κ1) is 15.1. The van der Waals surface area contributed by atoms with E-state index in [0.717, 1.165) is 23.3 Å². The fraction of sp³-hybridized carbons (Fsp3) is 0.533. The minimum absolute atomic E-state index is 0.0951. The van der Waals surface area contributed by atoms with Crippen molar-refractivity contribution in [2.45, 2.75) is 51.0 Å². The number of nitrogens with one attached hydrogen (secondary N) is 1. The van der Waals surface area contributed by atoms with E-state index < -0.39 is 0 Å². The predicted molar refractivity (Wildman–Crippen MR) is 79.1 cm³/mol. The molecule has 3 heteroatoms. The third-order valence-corrected chi connectivity index (χ3v) is 3.46. The summed E-state index contributed by atoms with van der Waals surface area (Å²) in [5.41, 5.74) is 1.03. The highest BCUT2D eigenvalue weighted by molar-refractivity contribution is 7.80. The largest absolute Gasteiger partial charge is 0.353 e. The molecular formula is C15H23NOS. The second-order valence-corrected chi connectivity index (χ2v) is 5.58. The van der Waals surface area contributed by atoms with Crippen molar-refractivity contribution in [2.75, 3.05) is 0 Å². The van der Waals surface area contributed by atoms with Gasteiger partial charge in [-0.25, -0.2) is 0 Å². The molecule has 0 aliphatic rings. The Morgan fingerprint density at radius 1 is 1.28 bits per heavy atom. The van der Waals surface area contributed by atoms with Gasteiger partial charge >= 0.3 is 0 Å². The molecule has 2 nitrogen and oxygen atoms in total. The van der Waals surface area contributed by atoms with Crippen LogP contribution in [0.2, 0.25) is 0 Å². The second kappa shape index (κ2) is 7.47. The van der Waals surface area contributed by atoms with Crippen LogP contribution in [-0.2, 0) is 11.2 Å². The van der Waals surface area contributed by atoms with Gasteiger partial charge in [0.2, 0.25) is 5.91 Å². The van der Waals surface area contributed by atoms with Gasteiger partial charge in [-0.15, -0.1) is 12.6 Å². The summed E-state index contributed by atoms with van der Waals surface area (Å²) in [5.74, 6) is 0.751. The smallest absolute Gasteiger partial charge is 0.224 e. The van der Waals surface area contributed by atoms with Crippen LogP contribution in [0.1, 0.15) is 39.2 Å². The van der Waals surface area contributed by atoms with E-state index in [9.17, 15) is 4.79 Å². The summed E-state index contributed by atoms with van der Waals surface area (Å²) >= 11 is 4.23. The quantitative estimate of drug-likeness (QED) is 0.758. The fourth-order valence-corrected chi connectivity index (χ4v) is 2.10. The normalized spacial score (nSPS) is 14.0. The lowest BCUT2D eigenvalue weighted by Gasteiger charge is -2.17. The van der Waals surface area contributed by atoms with Crippen molar-refractivity contribution in [1.82, 2.24) is 5.32 Å². The maximum atomic E-state index is 11.8. The van der Waals surface area contributed by atoms with Gasteiger partial charge < -0.3 is 5.32 Å². The van der Waals surface area contributed by atoms with E-state index in [4.69, 9.17) is 0 Å². The van der Waals surface area contributed by atoms with Crippen molar-refractivity contribution in [2.24, 2.45) is 5.92 Å². The predicted octanol–water partition coefficient (Wildman–Crippen LogP) is 3.46. The van der Waals surface area contributed by atoms with Crippen molar-refractivity contribution in [1.29, 1.82) is 0 Å². The third kappa shape index (κ3) is 5.58. The van der Waals surface area contributed by atoms with Crippen molar-refractivity contribution < 1.29 is 4.79 Å². The Morgan fingerprint density at radius 3 is 2.44 bits per heavy atom. The van der Waals surface area contributed by atoms with Crippen LogP contribution < -0.4 is 5.32 Å². The summed E-state index contributed by atoms with van der Waals surface area (Å²) < 4.78 is 0. The van der Waals surface area contributed by atoms with Gasteiger partial charge in [0.25, 0.3) is 0 Å². The van der Waals surface area contributed by atoms with E-state index in [1.54, 1.807) is 0 Å². The van der Waals surface area contributed by atoms with Crippen molar-refractivity contribution in [3.8, 4) is 0 Å². The van der Waals surface area contributed by atoms with Gasteiger partial charge in [0.15, 0.2) is 0 Å². The molecule has 0 aromatic heterocycles. The molecule has 0 bridgehead atoms. The van der Waals surface area contributed by atoms with E-state index in [1.807, 2.05) is 24.3 Å². The molecule has 0 aliphatic carbocycles. The minimum Gasteiger partial charge on any atom is -0.353 e. The average molecular weight is 265 g/mol. The number of carbonyl (C=O) groups is 1. The number of hydrogen-bond donors (Lipinski definition) is 2. The summed E-state index contributed by atoms with van der Waals surface area (Å²) in [5, 5.41) is 3.05. The Balaban J connectivity index is 2.39. The molecule has 100 valence electrons. The summed E-state index contributed by atoms with van der Waals surface area (Å²) in [6, 6.07) is 7.96. The number of amides is 1. The highest BCUT2D eigenvalue weighted by Gasteiger charge is 2.10. The highest BCUT2D eigenvalue weighted by Crippen LogP contribution is 2.11. The van der Waals surface area contributed by atoms with Gasteiger partial charge in [0.1, 0.15) is 0 Å². The second-order valence-electron chi connectivity index (χ2n) is 5.06. The topological polar surface area (TPSA) is 29.1 Å². The van der Waals surface area contributed by atoms with E-state index >= 15 is 0 Å². The van der Waals surface area contributed by atoms with Crippen molar-refractivity contribution in [3.05, 3.63) is 29.8 Å². The number of rotatable bonds is 6. The molecule has 0 fully saturated rings. The van der Waals surface area contributed by atoms with Gasteiger partial charge in [-0.05, 0) is 37.0 Å². The van der Waals surface area contributed by atoms with Gasteiger partial charge in [0.05, 0.1) is 6.42 Å². The first-order valence-electron chi connectivity index (χ1n) is 6.58. The van der Waals surface area contributed by atoms with E-state index in [2.05, 4.69) is 38.7 Å². The molecule has 18 heavy (non-hydrogen) atoms. The maximum Gasteiger partial charge on any atom is 0.224 e. The first-order chi connectivity index (χ1) is 8.51. The summed E-state index contributed by atoms with van der Waals surface area (Å²) in [6.45, 7) is 6.47. The van der Waals surface area contributed by atoms with Crippen LogP contribution in [0.4, 0.5) is 0 Å². The summed E-state index contributed by atoms with van der Waals surface area (Å²) in [4.78, 5) is 12.8. The lowest BCUT2D eigenvalue weighted by molar-refractivity contribution is -0.121. The monoisotopic (exact) mass is 265 g/mol. The van der Waals surface area contributed by atoms with Crippen LogP contribution in [0.5, 0.6) is 0 Å². The zero-order valence-corrected chi connectivity index (χ0v) is 12.3. The molecule has 0 heterocycles.